The minimum atomic E-state index is -1.32. The fourth-order valence-electron chi connectivity index (χ4n) is 4.08. The molecule has 0 aliphatic carbocycles. The SMILES string of the molecule is CC(C)[C@@H](/C=C/[C@@H](Cc1ccccc1)C(=O)N[C@@H](C)C(=O)OCc1ccccc1)NC(=O)[C@H](CC(N)=O)NC(=O)[C@@H](N)CO. The second kappa shape index (κ2) is 18.2. The molecule has 0 saturated carbocycles. The molecular weight excluding hydrogens is 566 g/mol. The molecule has 2 rings (SSSR count). The minimum Gasteiger partial charge on any atom is -0.459 e. The zero-order valence-electron chi connectivity index (χ0n) is 25.3. The third-order valence-corrected chi connectivity index (χ3v) is 6.72. The number of rotatable bonds is 17. The van der Waals surface area contributed by atoms with Crippen LogP contribution in [0, 0.1) is 11.8 Å². The second-order valence-electron chi connectivity index (χ2n) is 10.8. The highest BCUT2D eigenvalue weighted by molar-refractivity contribution is 5.93. The van der Waals surface area contributed by atoms with E-state index in [4.69, 9.17) is 21.3 Å². The summed E-state index contributed by atoms with van der Waals surface area (Å²) in [6.07, 6.45) is 3.14. The number of aliphatic hydroxyl groups excluding tert-OH is 1. The summed E-state index contributed by atoms with van der Waals surface area (Å²) in [5, 5.41) is 17.0. The maximum Gasteiger partial charge on any atom is 0.328 e. The summed E-state index contributed by atoms with van der Waals surface area (Å²) in [6, 6.07) is 14.4. The summed E-state index contributed by atoms with van der Waals surface area (Å²) in [7, 11) is 0. The molecule has 238 valence electrons. The summed E-state index contributed by atoms with van der Waals surface area (Å²) in [4.78, 5) is 62.9. The molecule has 0 saturated heterocycles. The van der Waals surface area contributed by atoms with Crippen LogP contribution in [0.2, 0.25) is 0 Å². The van der Waals surface area contributed by atoms with Crippen molar-refractivity contribution in [2.24, 2.45) is 23.3 Å². The Balaban J connectivity index is 2.18. The molecule has 5 atom stereocenters. The van der Waals surface area contributed by atoms with E-state index in [-0.39, 0.29) is 12.5 Å². The predicted molar refractivity (Wildman–Crippen MR) is 164 cm³/mol. The highest BCUT2D eigenvalue weighted by Crippen LogP contribution is 2.14. The second-order valence-corrected chi connectivity index (χ2v) is 10.8. The van der Waals surface area contributed by atoms with Crippen molar-refractivity contribution in [3.8, 4) is 0 Å². The molecule has 0 aliphatic heterocycles. The Morgan fingerprint density at radius 2 is 1.41 bits per heavy atom. The number of benzene rings is 2. The molecule has 0 spiro atoms. The number of ether oxygens (including phenoxy) is 1. The number of nitrogens with one attached hydrogen (secondary N) is 3. The number of nitrogens with two attached hydrogens (primary N) is 2. The highest BCUT2D eigenvalue weighted by Gasteiger charge is 2.28. The van der Waals surface area contributed by atoms with Crippen LogP contribution in [-0.4, -0.2) is 65.5 Å². The van der Waals surface area contributed by atoms with E-state index in [1.807, 2.05) is 74.5 Å². The summed E-state index contributed by atoms with van der Waals surface area (Å²) in [5.41, 5.74) is 12.5. The van der Waals surface area contributed by atoms with Gasteiger partial charge in [0.05, 0.1) is 18.9 Å². The molecule has 0 aliphatic rings. The van der Waals surface area contributed by atoms with Crippen molar-refractivity contribution in [1.82, 2.24) is 16.0 Å². The van der Waals surface area contributed by atoms with E-state index in [2.05, 4.69) is 16.0 Å². The lowest BCUT2D eigenvalue weighted by molar-refractivity contribution is -0.148. The first kappa shape index (κ1) is 35.6. The van der Waals surface area contributed by atoms with E-state index in [0.29, 0.717) is 6.42 Å². The first-order valence-corrected chi connectivity index (χ1v) is 14.4. The first-order valence-electron chi connectivity index (χ1n) is 14.4. The van der Waals surface area contributed by atoms with Crippen molar-refractivity contribution in [3.63, 3.8) is 0 Å². The molecule has 0 radical (unpaired) electrons. The molecule has 0 fully saturated rings. The summed E-state index contributed by atoms with van der Waals surface area (Å²) < 4.78 is 5.36. The molecule has 0 heterocycles. The molecule has 8 N–H and O–H groups in total. The van der Waals surface area contributed by atoms with Gasteiger partial charge in [0.15, 0.2) is 0 Å². The fraction of sp³-hybridized carbons (Fsp3) is 0.406. The monoisotopic (exact) mass is 609 g/mol. The van der Waals surface area contributed by atoms with Gasteiger partial charge in [-0.25, -0.2) is 4.79 Å². The molecular formula is C32H43N5O7. The Labute approximate surface area is 257 Å². The van der Waals surface area contributed by atoms with Gasteiger partial charge in [-0.1, -0.05) is 86.7 Å². The number of esters is 1. The van der Waals surface area contributed by atoms with Crippen LogP contribution in [0.5, 0.6) is 0 Å². The Morgan fingerprint density at radius 1 is 0.818 bits per heavy atom. The summed E-state index contributed by atoms with van der Waals surface area (Å²) >= 11 is 0. The van der Waals surface area contributed by atoms with Crippen LogP contribution >= 0.6 is 0 Å². The molecule has 0 bridgehead atoms. The molecule has 12 nitrogen and oxygen atoms in total. The molecule has 4 amide bonds. The van der Waals surface area contributed by atoms with Crippen molar-refractivity contribution >= 4 is 29.6 Å². The van der Waals surface area contributed by atoms with Crippen LogP contribution in [0.3, 0.4) is 0 Å². The number of carbonyl (C=O) groups is 5. The molecule has 2 aromatic carbocycles. The lowest BCUT2D eigenvalue weighted by Gasteiger charge is -2.25. The fourth-order valence-corrected chi connectivity index (χ4v) is 4.08. The van der Waals surface area contributed by atoms with Crippen molar-refractivity contribution in [3.05, 3.63) is 83.9 Å². The molecule has 2 aromatic rings. The number of aliphatic hydroxyl groups is 1. The van der Waals surface area contributed by atoms with Gasteiger partial charge in [-0.15, -0.1) is 0 Å². The van der Waals surface area contributed by atoms with Crippen molar-refractivity contribution in [2.75, 3.05) is 6.61 Å². The van der Waals surface area contributed by atoms with E-state index in [1.165, 1.54) is 0 Å². The van der Waals surface area contributed by atoms with Gasteiger partial charge in [-0.05, 0) is 30.4 Å². The van der Waals surface area contributed by atoms with Gasteiger partial charge in [0.2, 0.25) is 23.6 Å². The van der Waals surface area contributed by atoms with Crippen LogP contribution in [0.15, 0.2) is 72.8 Å². The maximum atomic E-state index is 13.4. The third-order valence-electron chi connectivity index (χ3n) is 6.72. The maximum absolute atomic E-state index is 13.4. The van der Waals surface area contributed by atoms with E-state index >= 15 is 0 Å². The van der Waals surface area contributed by atoms with E-state index < -0.39 is 72.7 Å². The predicted octanol–water partition coefficient (Wildman–Crippen LogP) is 0.470. The lowest BCUT2D eigenvalue weighted by Crippen LogP contribution is -2.55. The van der Waals surface area contributed by atoms with E-state index in [9.17, 15) is 24.0 Å². The number of hydrogen-bond donors (Lipinski definition) is 6. The van der Waals surface area contributed by atoms with E-state index in [1.54, 1.807) is 19.1 Å². The van der Waals surface area contributed by atoms with Crippen LogP contribution in [0.4, 0.5) is 0 Å². The summed E-state index contributed by atoms with van der Waals surface area (Å²) in [5.74, 6) is -4.21. The van der Waals surface area contributed by atoms with Crippen molar-refractivity contribution in [2.45, 2.75) is 64.4 Å². The zero-order chi connectivity index (χ0) is 32.6. The minimum absolute atomic E-state index is 0.0755. The smallest absolute Gasteiger partial charge is 0.328 e. The van der Waals surface area contributed by atoms with Crippen LogP contribution in [-0.2, 0) is 41.7 Å². The van der Waals surface area contributed by atoms with E-state index in [0.717, 1.165) is 11.1 Å². The number of hydrogen-bond acceptors (Lipinski definition) is 8. The van der Waals surface area contributed by atoms with Crippen LogP contribution < -0.4 is 27.4 Å². The normalized spacial score (nSPS) is 14.6. The van der Waals surface area contributed by atoms with Gasteiger partial charge in [0, 0.05) is 6.04 Å². The van der Waals surface area contributed by atoms with Gasteiger partial charge in [0.1, 0.15) is 24.7 Å². The number of primary amides is 1. The summed E-state index contributed by atoms with van der Waals surface area (Å²) in [6.45, 7) is 4.65. The third kappa shape index (κ3) is 12.4. The van der Waals surface area contributed by atoms with Crippen LogP contribution in [0.25, 0.3) is 0 Å². The Kier molecular flexibility index (Phi) is 14.7. The van der Waals surface area contributed by atoms with Crippen LogP contribution in [0.1, 0.15) is 38.3 Å². The molecule has 0 aromatic heterocycles. The van der Waals surface area contributed by atoms with Gasteiger partial charge >= 0.3 is 5.97 Å². The lowest BCUT2D eigenvalue weighted by atomic mass is 9.95. The largest absolute Gasteiger partial charge is 0.459 e. The molecule has 12 heteroatoms. The molecule has 44 heavy (non-hydrogen) atoms. The zero-order valence-corrected chi connectivity index (χ0v) is 25.3. The standard InChI is InChI=1S/C32H43N5O7/c1-20(2)26(36-31(42)27(17-28(34)39)37-30(41)25(33)18-38)15-14-24(16-22-10-6-4-7-11-22)29(40)35-21(3)32(43)44-19-23-12-8-5-9-13-23/h4-15,20-21,24-27,38H,16-19,33H2,1-3H3,(H2,34,39)(H,35,40)(H,36,42)(H,37,41)/b15-14+/t21-,24-,25-,26+,27-/m0/s1. The van der Waals surface area contributed by atoms with Gasteiger partial charge in [0.25, 0.3) is 0 Å². The van der Waals surface area contributed by atoms with Crippen molar-refractivity contribution < 1.29 is 33.8 Å². The Hall–Kier alpha value is -4.55. The highest BCUT2D eigenvalue weighted by atomic mass is 16.5. The van der Waals surface area contributed by atoms with Crippen molar-refractivity contribution in [1.29, 1.82) is 0 Å². The Morgan fingerprint density at radius 3 is 1.95 bits per heavy atom. The quantitative estimate of drug-likeness (QED) is 0.110. The van der Waals surface area contributed by atoms with Gasteiger partial charge in [-0.2, -0.15) is 0 Å². The average molecular weight is 610 g/mol. The number of carbonyl (C=O) groups excluding carboxylic acids is 5. The molecule has 0 unspecified atom stereocenters. The Bertz CT molecular complexity index is 1270. The average Bonchev–Trinajstić information content (AvgIpc) is 3.00. The first-order chi connectivity index (χ1) is 20.9. The van der Waals surface area contributed by atoms with Gasteiger partial charge < -0.3 is 37.3 Å². The number of amides is 4. The topological polar surface area (TPSA) is 203 Å². The van der Waals surface area contributed by atoms with Gasteiger partial charge in [-0.3, -0.25) is 19.2 Å².